The summed E-state index contributed by atoms with van der Waals surface area (Å²) in [4.78, 5) is 29.5. The summed E-state index contributed by atoms with van der Waals surface area (Å²) >= 11 is 5.99. The molecule has 1 aromatic heterocycles. The molecule has 1 unspecified atom stereocenters. The normalized spacial score (nSPS) is 24.1. The Hall–Kier alpha value is -2.29. The van der Waals surface area contributed by atoms with E-state index < -0.39 is 17.8 Å². The maximum absolute atomic E-state index is 14.5. The Morgan fingerprint density at radius 3 is 2.45 bits per heavy atom. The number of hydrogen-bond acceptors (Lipinski definition) is 6. The van der Waals surface area contributed by atoms with Crippen molar-refractivity contribution in [1.82, 2.24) is 19.8 Å². The molecule has 2 aromatic rings. The Morgan fingerprint density at radius 2 is 1.82 bits per heavy atom. The molecule has 3 fully saturated rings. The van der Waals surface area contributed by atoms with Crippen LogP contribution in [0.5, 0.6) is 0 Å². The third-order valence-electron chi connectivity index (χ3n) is 8.68. The fourth-order valence-electron chi connectivity index (χ4n) is 6.18. The van der Waals surface area contributed by atoms with Gasteiger partial charge in [-0.1, -0.05) is 24.6 Å². The topological polar surface area (TPSA) is 72.8 Å². The van der Waals surface area contributed by atoms with Gasteiger partial charge in [0.1, 0.15) is 18.0 Å². The number of aliphatic hydroxyl groups is 1. The molecule has 1 N–H and O–H groups in total. The molecule has 4 aliphatic rings. The first-order valence-corrected chi connectivity index (χ1v) is 14.5. The molecule has 0 bridgehead atoms. The predicted molar refractivity (Wildman–Crippen MR) is 145 cm³/mol. The summed E-state index contributed by atoms with van der Waals surface area (Å²) in [6.07, 6.45) is 6.71. The lowest BCUT2D eigenvalue weighted by Crippen LogP contribution is -2.51. The molecule has 3 aliphatic carbocycles. The van der Waals surface area contributed by atoms with Crippen LogP contribution in [-0.2, 0) is 4.79 Å². The fraction of sp³-hybridized carbons (Fsp3) is 0.621. The van der Waals surface area contributed by atoms with E-state index >= 15 is 0 Å². The van der Waals surface area contributed by atoms with Crippen molar-refractivity contribution in [3.05, 3.63) is 52.2 Å². The lowest BCUT2D eigenvalue weighted by atomic mass is 9.95. The molecule has 3 atom stereocenters. The number of aromatic nitrogens is 2. The monoisotopic (exact) mass is 541 g/mol. The molecule has 6 rings (SSSR count). The highest BCUT2D eigenvalue weighted by Gasteiger charge is 2.37. The third kappa shape index (κ3) is 5.54. The van der Waals surface area contributed by atoms with Crippen molar-refractivity contribution >= 4 is 23.3 Å². The largest absolute Gasteiger partial charge is 0.387 e. The van der Waals surface area contributed by atoms with Crippen LogP contribution in [-0.4, -0.2) is 76.6 Å². The number of anilines is 1. The van der Waals surface area contributed by atoms with Crippen LogP contribution in [0.3, 0.4) is 0 Å². The summed E-state index contributed by atoms with van der Waals surface area (Å²) in [5.74, 6) is 1.68. The van der Waals surface area contributed by atoms with E-state index in [2.05, 4.69) is 26.7 Å². The zero-order chi connectivity index (χ0) is 26.4. The van der Waals surface area contributed by atoms with Crippen molar-refractivity contribution in [2.45, 2.75) is 57.0 Å². The van der Waals surface area contributed by atoms with E-state index in [1.54, 1.807) is 6.07 Å². The summed E-state index contributed by atoms with van der Waals surface area (Å²) < 4.78 is 14.5. The maximum Gasteiger partial charge on any atom is 0.231 e. The molecule has 38 heavy (non-hydrogen) atoms. The van der Waals surface area contributed by atoms with E-state index in [1.165, 1.54) is 38.1 Å². The SMILES string of the molecule is C[C@@H]1C[C@H](O)c2ncnc(N3CCN(C(=O)C(CN(CC4CC4)CC4CC4)c4ccc(Cl)c(F)c4)CC3)c21. The lowest BCUT2D eigenvalue weighted by molar-refractivity contribution is -0.133. The number of carbonyl (C=O) groups excluding carboxylic acids is 1. The Morgan fingerprint density at radius 1 is 1.13 bits per heavy atom. The van der Waals surface area contributed by atoms with Crippen LogP contribution in [0.4, 0.5) is 10.2 Å². The first kappa shape index (κ1) is 26.0. The van der Waals surface area contributed by atoms with Gasteiger partial charge < -0.3 is 19.8 Å². The number of fused-ring (bicyclic) bond motifs is 1. The van der Waals surface area contributed by atoms with Crippen LogP contribution in [0.15, 0.2) is 24.5 Å². The van der Waals surface area contributed by atoms with Gasteiger partial charge in [-0.15, -0.1) is 0 Å². The molecule has 2 heterocycles. The van der Waals surface area contributed by atoms with E-state index in [0.29, 0.717) is 44.7 Å². The van der Waals surface area contributed by atoms with Crippen LogP contribution < -0.4 is 4.90 Å². The summed E-state index contributed by atoms with van der Waals surface area (Å²) in [5, 5.41) is 10.5. The van der Waals surface area contributed by atoms with Gasteiger partial charge >= 0.3 is 0 Å². The number of halogens is 2. The molecular weight excluding hydrogens is 505 g/mol. The number of carbonyl (C=O) groups is 1. The Balaban J connectivity index is 1.19. The van der Waals surface area contributed by atoms with E-state index in [0.717, 1.165) is 42.0 Å². The lowest BCUT2D eigenvalue weighted by Gasteiger charge is -2.38. The number of piperazine rings is 1. The molecule has 1 aromatic carbocycles. The zero-order valence-electron chi connectivity index (χ0n) is 22.0. The molecule has 7 nitrogen and oxygen atoms in total. The van der Waals surface area contributed by atoms with E-state index in [-0.39, 0.29) is 16.8 Å². The van der Waals surface area contributed by atoms with E-state index in [1.807, 2.05) is 11.0 Å². The first-order valence-electron chi connectivity index (χ1n) is 14.1. The molecule has 9 heteroatoms. The first-order chi connectivity index (χ1) is 18.4. The van der Waals surface area contributed by atoms with Crippen molar-refractivity contribution in [2.75, 3.05) is 50.7 Å². The van der Waals surface area contributed by atoms with Crippen molar-refractivity contribution in [2.24, 2.45) is 11.8 Å². The number of amides is 1. The number of benzene rings is 1. The second-order valence-electron chi connectivity index (χ2n) is 11.8. The van der Waals surface area contributed by atoms with Crippen LogP contribution in [0, 0.1) is 17.7 Å². The number of rotatable bonds is 9. The fourth-order valence-corrected chi connectivity index (χ4v) is 6.30. The van der Waals surface area contributed by atoms with Gasteiger partial charge in [-0.3, -0.25) is 4.79 Å². The Bertz CT molecular complexity index is 1170. The minimum absolute atomic E-state index is 0.0553. The van der Waals surface area contributed by atoms with Gasteiger partial charge in [-0.2, -0.15) is 0 Å². The van der Waals surface area contributed by atoms with E-state index in [9.17, 15) is 14.3 Å². The van der Waals surface area contributed by atoms with E-state index in [4.69, 9.17) is 11.6 Å². The van der Waals surface area contributed by atoms with Crippen molar-refractivity contribution < 1.29 is 14.3 Å². The summed E-state index contributed by atoms with van der Waals surface area (Å²) in [6.45, 7) is 7.23. The molecule has 204 valence electrons. The third-order valence-corrected chi connectivity index (χ3v) is 8.99. The average molecular weight is 542 g/mol. The second kappa shape index (κ2) is 10.7. The summed E-state index contributed by atoms with van der Waals surface area (Å²) in [5.41, 5.74) is 2.47. The number of hydrogen-bond donors (Lipinski definition) is 1. The molecule has 1 aliphatic heterocycles. The summed E-state index contributed by atoms with van der Waals surface area (Å²) in [7, 11) is 0. The highest BCUT2D eigenvalue weighted by Crippen LogP contribution is 2.43. The summed E-state index contributed by atoms with van der Waals surface area (Å²) in [6, 6.07) is 4.83. The van der Waals surface area contributed by atoms with Crippen LogP contribution >= 0.6 is 11.6 Å². The molecule has 2 saturated carbocycles. The average Bonchev–Trinajstić information content (AvgIpc) is 3.85. The minimum Gasteiger partial charge on any atom is -0.387 e. The Kier molecular flexibility index (Phi) is 7.31. The molecule has 0 radical (unpaired) electrons. The number of nitrogens with zero attached hydrogens (tertiary/aromatic N) is 5. The van der Waals surface area contributed by atoms with Crippen molar-refractivity contribution in [1.29, 1.82) is 0 Å². The quantitative estimate of drug-likeness (QED) is 0.508. The van der Waals surface area contributed by atoms with Gasteiger partial charge in [0.05, 0.1) is 22.7 Å². The second-order valence-corrected chi connectivity index (χ2v) is 12.2. The van der Waals surface area contributed by atoms with Crippen LogP contribution in [0.1, 0.15) is 73.8 Å². The van der Waals surface area contributed by atoms with Gasteiger partial charge in [0.25, 0.3) is 0 Å². The van der Waals surface area contributed by atoms with Crippen LogP contribution in [0.25, 0.3) is 0 Å². The zero-order valence-corrected chi connectivity index (χ0v) is 22.8. The highest BCUT2D eigenvalue weighted by atomic mass is 35.5. The molecule has 0 spiro atoms. The predicted octanol–water partition coefficient (Wildman–Crippen LogP) is 4.36. The van der Waals surface area contributed by atoms with Crippen molar-refractivity contribution in [3.8, 4) is 0 Å². The smallest absolute Gasteiger partial charge is 0.231 e. The van der Waals surface area contributed by atoms with Gasteiger partial charge in [-0.05, 0) is 67.6 Å². The van der Waals surface area contributed by atoms with Gasteiger partial charge in [0.2, 0.25) is 5.91 Å². The molecule has 1 saturated heterocycles. The maximum atomic E-state index is 14.5. The standard InChI is InChI=1S/C29H37ClFN5O2/c1-18-12-25(37)27-26(18)28(33-17-32-27)35-8-10-36(11-9-35)29(38)22(21-6-7-23(30)24(31)13-21)16-34(14-19-2-3-19)15-20-4-5-20/h6-7,13,17-20,22,25,37H,2-5,8-12,14-16H2,1H3/t18-,22?,25+/m1/s1. The van der Waals surface area contributed by atoms with Gasteiger partial charge in [-0.25, -0.2) is 14.4 Å². The molecule has 1 amide bonds. The minimum atomic E-state index is -0.542. The van der Waals surface area contributed by atoms with Crippen molar-refractivity contribution in [3.63, 3.8) is 0 Å². The highest BCUT2D eigenvalue weighted by molar-refractivity contribution is 6.30. The van der Waals surface area contributed by atoms with Crippen LogP contribution in [0.2, 0.25) is 5.02 Å². The number of aliphatic hydroxyl groups excluding tert-OH is 1. The molecular formula is C29H37ClFN5O2. The Labute approximate surface area is 229 Å². The van der Waals surface area contributed by atoms with Gasteiger partial charge in [0, 0.05) is 51.4 Å². The van der Waals surface area contributed by atoms with Gasteiger partial charge in [0.15, 0.2) is 0 Å².